The fraction of sp³-hybridized carbons (Fsp3) is 0.185. The zero-order valence-corrected chi connectivity index (χ0v) is 15.7. The molecule has 3 aliphatic carbocycles. The Morgan fingerprint density at radius 1 is 0.786 bits per heavy atom. The summed E-state index contributed by atoms with van der Waals surface area (Å²) < 4.78 is 6.43. The summed E-state index contributed by atoms with van der Waals surface area (Å²) in [4.78, 5) is 0. The Kier molecular flexibility index (Phi) is 2.80. The van der Waals surface area contributed by atoms with Crippen LogP contribution in [0.25, 0.3) is 44.4 Å². The molecule has 1 heterocycles. The van der Waals surface area contributed by atoms with Crippen molar-refractivity contribution >= 4 is 44.4 Å². The largest absolute Gasteiger partial charge is 0.456 e. The minimum Gasteiger partial charge on any atom is -0.456 e. The molecule has 4 aromatic rings. The maximum absolute atomic E-state index is 6.43. The third-order valence-electron chi connectivity index (χ3n) is 6.82. The Morgan fingerprint density at radius 3 is 2.68 bits per heavy atom. The fourth-order valence-electron chi connectivity index (χ4n) is 5.66. The molecule has 0 radical (unpaired) electrons. The Bertz CT molecular complexity index is 1420. The highest BCUT2D eigenvalue weighted by molar-refractivity contribution is 6.24. The lowest BCUT2D eigenvalue weighted by molar-refractivity contribution is 0.662. The Labute approximate surface area is 163 Å². The van der Waals surface area contributed by atoms with Gasteiger partial charge in [-0.25, -0.2) is 0 Å². The monoisotopic (exact) mass is 360 g/mol. The molecule has 0 N–H and O–H groups in total. The van der Waals surface area contributed by atoms with Crippen LogP contribution in [0.3, 0.4) is 0 Å². The Balaban J connectivity index is 1.75. The van der Waals surface area contributed by atoms with Gasteiger partial charge in [-0.1, -0.05) is 54.6 Å². The van der Waals surface area contributed by atoms with Crippen LogP contribution < -0.4 is 0 Å². The highest BCUT2D eigenvalue weighted by atomic mass is 16.3. The van der Waals surface area contributed by atoms with Crippen molar-refractivity contribution in [3.05, 3.63) is 82.5 Å². The molecule has 3 aromatic carbocycles. The summed E-state index contributed by atoms with van der Waals surface area (Å²) in [5.74, 6) is 0. The van der Waals surface area contributed by atoms with Crippen molar-refractivity contribution in [1.29, 1.82) is 0 Å². The first kappa shape index (κ1) is 14.9. The van der Waals surface area contributed by atoms with Gasteiger partial charge in [0, 0.05) is 16.3 Å². The molecular formula is C27H20O. The number of para-hydroxylation sites is 1. The summed E-state index contributed by atoms with van der Waals surface area (Å²) in [6, 6.07) is 13.2. The number of fused-ring (bicyclic) bond motifs is 11. The molecule has 0 atom stereocenters. The molecule has 0 aliphatic heterocycles. The summed E-state index contributed by atoms with van der Waals surface area (Å²) in [6.45, 7) is 0. The van der Waals surface area contributed by atoms with E-state index in [9.17, 15) is 0 Å². The van der Waals surface area contributed by atoms with E-state index in [1.807, 2.05) is 0 Å². The Hall–Kier alpha value is -3.06. The SMILES string of the molecule is C1=CC2=C(CC1)c1c(ccc3c1c1c(c4oc5ccccc5c43)CCC=C1)C2. The van der Waals surface area contributed by atoms with Crippen LogP contribution in [0.15, 0.2) is 64.6 Å². The van der Waals surface area contributed by atoms with Gasteiger partial charge in [0.15, 0.2) is 0 Å². The molecular weight excluding hydrogens is 340 g/mol. The van der Waals surface area contributed by atoms with E-state index in [0.717, 1.165) is 36.8 Å². The standard InChI is InChI=1S/C27H20O/c1-2-8-18-16(7-1)15-17-13-14-22-25(24(17)18)19-9-3-4-10-20(19)27-26(22)21-11-5-6-12-23(21)28-27/h1,3,5-7,9,11-14H,2,4,8,10,15H2. The van der Waals surface area contributed by atoms with Crippen molar-refractivity contribution in [2.45, 2.75) is 32.1 Å². The number of furan rings is 1. The number of rotatable bonds is 0. The van der Waals surface area contributed by atoms with Crippen LogP contribution in [0.2, 0.25) is 0 Å². The lowest BCUT2D eigenvalue weighted by atomic mass is 9.84. The third kappa shape index (κ3) is 1.77. The molecule has 3 aliphatic rings. The number of hydrogen-bond acceptors (Lipinski definition) is 1. The highest BCUT2D eigenvalue weighted by Crippen LogP contribution is 2.48. The summed E-state index contributed by atoms with van der Waals surface area (Å²) in [6.07, 6.45) is 14.9. The van der Waals surface area contributed by atoms with Gasteiger partial charge in [0.2, 0.25) is 0 Å². The molecule has 134 valence electrons. The molecule has 0 spiro atoms. The summed E-state index contributed by atoms with van der Waals surface area (Å²) in [5.41, 5.74) is 11.0. The minimum absolute atomic E-state index is 1.00. The quantitative estimate of drug-likeness (QED) is 0.319. The van der Waals surface area contributed by atoms with E-state index in [2.05, 4.69) is 60.7 Å². The fourth-order valence-corrected chi connectivity index (χ4v) is 5.66. The van der Waals surface area contributed by atoms with Gasteiger partial charge in [-0.15, -0.1) is 0 Å². The lowest BCUT2D eigenvalue weighted by Crippen LogP contribution is -2.00. The number of allylic oxidation sites excluding steroid dienone is 5. The highest BCUT2D eigenvalue weighted by Gasteiger charge is 2.28. The molecule has 1 nitrogen and oxygen atoms in total. The average Bonchev–Trinajstić information content (AvgIpc) is 3.32. The molecule has 0 fully saturated rings. The van der Waals surface area contributed by atoms with Crippen molar-refractivity contribution in [1.82, 2.24) is 0 Å². The van der Waals surface area contributed by atoms with Crippen LogP contribution in [0.5, 0.6) is 0 Å². The van der Waals surface area contributed by atoms with Gasteiger partial charge in [-0.05, 0) is 76.8 Å². The van der Waals surface area contributed by atoms with E-state index < -0.39 is 0 Å². The predicted octanol–water partition coefficient (Wildman–Crippen LogP) is 7.36. The van der Waals surface area contributed by atoms with E-state index in [4.69, 9.17) is 4.42 Å². The molecule has 0 bridgehead atoms. The zero-order chi connectivity index (χ0) is 18.2. The summed E-state index contributed by atoms with van der Waals surface area (Å²) in [7, 11) is 0. The smallest absolute Gasteiger partial charge is 0.139 e. The first-order valence-electron chi connectivity index (χ1n) is 10.4. The van der Waals surface area contributed by atoms with Crippen LogP contribution >= 0.6 is 0 Å². The molecule has 7 rings (SSSR count). The van der Waals surface area contributed by atoms with Gasteiger partial charge >= 0.3 is 0 Å². The second kappa shape index (κ2) is 5.26. The van der Waals surface area contributed by atoms with Gasteiger partial charge in [-0.2, -0.15) is 0 Å². The second-order valence-electron chi connectivity index (χ2n) is 8.28. The van der Waals surface area contributed by atoms with E-state index in [0.29, 0.717) is 0 Å². The molecule has 0 unspecified atom stereocenters. The third-order valence-corrected chi connectivity index (χ3v) is 6.82. The topological polar surface area (TPSA) is 13.1 Å². The average molecular weight is 360 g/mol. The van der Waals surface area contributed by atoms with Crippen LogP contribution in [-0.2, 0) is 12.8 Å². The first-order valence-corrected chi connectivity index (χ1v) is 10.4. The van der Waals surface area contributed by atoms with Crippen LogP contribution in [0.4, 0.5) is 0 Å². The zero-order valence-electron chi connectivity index (χ0n) is 15.7. The van der Waals surface area contributed by atoms with E-state index in [1.54, 1.807) is 5.57 Å². The second-order valence-corrected chi connectivity index (χ2v) is 8.28. The van der Waals surface area contributed by atoms with Gasteiger partial charge in [-0.3, -0.25) is 0 Å². The van der Waals surface area contributed by atoms with Crippen molar-refractivity contribution in [2.24, 2.45) is 0 Å². The number of aryl methyl sites for hydroxylation is 1. The summed E-state index contributed by atoms with van der Waals surface area (Å²) in [5, 5.41) is 5.37. The van der Waals surface area contributed by atoms with Gasteiger partial charge in [0.25, 0.3) is 0 Å². The van der Waals surface area contributed by atoms with Gasteiger partial charge in [0.05, 0.1) is 0 Å². The molecule has 0 saturated carbocycles. The summed E-state index contributed by atoms with van der Waals surface area (Å²) >= 11 is 0. The van der Waals surface area contributed by atoms with E-state index in [-0.39, 0.29) is 0 Å². The van der Waals surface area contributed by atoms with Crippen LogP contribution in [0.1, 0.15) is 41.5 Å². The molecule has 28 heavy (non-hydrogen) atoms. The Morgan fingerprint density at radius 2 is 1.68 bits per heavy atom. The molecule has 1 aromatic heterocycles. The van der Waals surface area contributed by atoms with Crippen molar-refractivity contribution in [3.63, 3.8) is 0 Å². The number of hydrogen-bond donors (Lipinski definition) is 0. The van der Waals surface area contributed by atoms with Crippen LogP contribution in [0, 0.1) is 0 Å². The van der Waals surface area contributed by atoms with Crippen molar-refractivity contribution < 1.29 is 4.42 Å². The molecule has 1 heteroatoms. The van der Waals surface area contributed by atoms with Crippen molar-refractivity contribution in [3.8, 4) is 0 Å². The predicted molar refractivity (Wildman–Crippen MR) is 118 cm³/mol. The van der Waals surface area contributed by atoms with Crippen molar-refractivity contribution in [2.75, 3.05) is 0 Å². The minimum atomic E-state index is 1.00. The van der Waals surface area contributed by atoms with E-state index in [1.165, 1.54) is 55.8 Å². The normalized spacial score (nSPS) is 17.6. The maximum Gasteiger partial charge on any atom is 0.139 e. The molecule has 0 saturated heterocycles. The van der Waals surface area contributed by atoms with Gasteiger partial charge in [0.1, 0.15) is 11.2 Å². The maximum atomic E-state index is 6.43. The lowest BCUT2D eigenvalue weighted by Gasteiger charge is -2.19. The first-order chi connectivity index (χ1) is 13.9. The van der Waals surface area contributed by atoms with Crippen LogP contribution in [-0.4, -0.2) is 0 Å². The number of benzene rings is 3. The van der Waals surface area contributed by atoms with Gasteiger partial charge < -0.3 is 4.42 Å². The molecule has 0 amide bonds. The van der Waals surface area contributed by atoms with E-state index >= 15 is 0 Å².